The Bertz CT molecular complexity index is 336. The maximum absolute atomic E-state index is 11.5. The fourth-order valence-electron chi connectivity index (χ4n) is 1.36. The van der Waals surface area contributed by atoms with Crippen molar-refractivity contribution in [1.82, 2.24) is 5.32 Å². The molecule has 0 fully saturated rings. The van der Waals surface area contributed by atoms with Crippen LogP contribution in [0.15, 0.2) is 24.3 Å². The molecule has 17 heavy (non-hydrogen) atoms. The molecule has 0 heterocycles. The molecule has 0 aliphatic carbocycles. The van der Waals surface area contributed by atoms with Crippen LogP contribution in [0.2, 0.25) is 0 Å². The Hall–Kier alpha value is -1.39. The van der Waals surface area contributed by atoms with E-state index in [1.807, 2.05) is 31.2 Å². The van der Waals surface area contributed by atoms with Crippen LogP contribution in [-0.4, -0.2) is 32.7 Å². The summed E-state index contributed by atoms with van der Waals surface area (Å²) in [5.41, 5.74) is 2.03. The quantitative estimate of drug-likeness (QED) is 0.706. The van der Waals surface area contributed by atoms with Gasteiger partial charge in [-0.2, -0.15) is 0 Å². The predicted octanol–water partition coefficient (Wildman–Crippen LogP) is 1.56. The Morgan fingerprint density at radius 3 is 2.59 bits per heavy atom. The number of carbonyl (C=O) groups is 1. The summed E-state index contributed by atoms with van der Waals surface area (Å²) < 4.78 is 4.89. The lowest BCUT2D eigenvalue weighted by molar-refractivity contribution is -0.116. The standard InChI is InChI=1S/C13H20N2O2/c1-11-3-5-12(6-4-11)15-13(16)7-8-14-9-10-17-2/h3-6,14H,7-10H2,1-2H3,(H,15,16). The molecule has 4 nitrogen and oxygen atoms in total. The van der Waals surface area contributed by atoms with Crippen molar-refractivity contribution >= 4 is 11.6 Å². The van der Waals surface area contributed by atoms with Crippen molar-refractivity contribution in [2.24, 2.45) is 0 Å². The molecule has 4 heteroatoms. The zero-order valence-corrected chi connectivity index (χ0v) is 10.5. The minimum atomic E-state index is 0.0266. The van der Waals surface area contributed by atoms with Gasteiger partial charge in [0.05, 0.1) is 6.61 Å². The van der Waals surface area contributed by atoms with Crippen LogP contribution < -0.4 is 10.6 Å². The Morgan fingerprint density at radius 1 is 1.24 bits per heavy atom. The van der Waals surface area contributed by atoms with Crippen LogP contribution >= 0.6 is 0 Å². The lowest BCUT2D eigenvalue weighted by Crippen LogP contribution is -2.24. The van der Waals surface area contributed by atoms with Crippen molar-refractivity contribution in [2.75, 3.05) is 32.1 Å². The van der Waals surface area contributed by atoms with Crippen LogP contribution in [0.4, 0.5) is 5.69 Å². The van der Waals surface area contributed by atoms with Crippen LogP contribution in [0.1, 0.15) is 12.0 Å². The van der Waals surface area contributed by atoms with E-state index in [0.29, 0.717) is 19.6 Å². The number of methoxy groups -OCH3 is 1. The van der Waals surface area contributed by atoms with Crippen LogP contribution in [-0.2, 0) is 9.53 Å². The molecule has 0 saturated heterocycles. The molecular formula is C13H20N2O2. The van der Waals surface area contributed by atoms with Gasteiger partial charge in [-0.05, 0) is 19.1 Å². The highest BCUT2D eigenvalue weighted by molar-refractivity contribution is 5.90. The van der Waals surface area contributed by atoms with E-state index in [4.69, 9.17) is 4.74 Å². The van der Waals surface area contributed by atoms with Gasteiger partial charge in [0.1, 0.15) is 0 Å². The van der Waals surface area contributed by atoms with Gasteiger partial charge < -0.3 is 15.4 Å². The van der Waals surface area contributed by atoms with Gasteiger partial charge in [-0.15, -0.1) is 0 Å². The van der Waals surface area contributed by atoms with Crippen LogP contribution in [0.3, 0.4) is 0 Å². The van der Waals surface area contributed by atoms with Crippen molar-refractivity contribution < 1.29 is 9.53 Å². The molecule has 0 aromatic heterocycles. The maximum Gasteiger partial charge on any atom is 0.225 e. The Balaban J connectivity index is 2.18. The smallest absolute Gasteiger partial charge is 0.225 e. The molecule has 0 aliphatic rings. The van der Waals surface area contributed by atoms with Gasteiger partial charge >= 0.3 is 0 Å². The van der Waals surface area contributed by atoms with Crippen LogP contribution in [0.25, 0.3) is 0 Å². The highest BCUT2D eigenvalue weighted by Crippen LogP contribution is 2.08. The Morgan fingerprint density at radius 2 is 1.94 bits per heavy atom. The minimum absolute atomic E-state index is 0.0266. The molecule has 0 unspecified atom stereocenters. The van der Waals surface area contributed by atoms with E-state index in [1.54, 1.807) is 7.11 Å². The number of amides is 1. The number of nitrogens with one attached hydrogen (secondary N) is 2. The van der Waals surface area contributed by atoms with Crippen molar-refractivity contribution in [3.05, 3.63) is 29.8 Å². The summed E-state index contributed by atoms with van der Waals surface area (Å²) >= 11 is 0. The molecule has 0 bridgehead atoms. The van der Waals surface area contributed by atoms with Gasteiger partial charge in [-0.3, -0.25) is 4.79 Å². The third-order valence-electron chi connectivity index (χ3n) is 2.35. The summed E-state index contributed by atoms with van der Waals surface area (Å²) in [6, 6.07) is 7.77. The van der Waals surface area contributed by atoms with Gasteiger partial charge in [0.15, 0.2) is 0 Å². The number of benzene rings is 1. The molecule has 0 atom stereocenters. The minimum Gasteiger partial charge on any atom is -0.383 e. The topological polar surface area (TPSA) is 50.4 Å². The molecule has 2 N–H and O–H groups in total. The lowest BCUT2D eigenvalue weighted by atomic mass is 10.2. The second-order valence-electron chi connectivity index (χ2n) is 3.91. The second-order valence-corrected chi connectivity index (χ2v) is 3.91. The number of anilines is 1. The van der Waals surface area contributed by atoms with Crippen molar-refractivity contribution in [1.29, 1.82) is 0 Å². The third-order valence-corrected chi connectivity index (χ3v) is 2.35. The number of carbonyl (C=O) groups excluding carboxylic acids is 1. The van der Waals surface area contributed by atoms with Gasteiger partial charge in [0, 0.05) is 32.3 Å². The van der Waals surface area contributed by atoms with Crippen molar-refractivity contribution in [2.45, 2.75) is 13.3 Å². The summed E-state index contributed by atoms with van der Waals surface area (Å²) in [4.78, 5) is 11.5. The van der Waals surface area contributed by atoms with Crippen LogP contribution in [0.5, 0.6) is 0 Å². The number of aryl methyl sites for hydroxylation is 1. The van der Waals surface area contributed by atoms with E-state index in [1.165, 1.54) is 5.56 Å². The average molecular weight is 236 g/mol. The first-order valence-electron chi connectivity index (χ1n) is 5.78. The van der Waals surface area contributed by atoms with E-state index >= 15 is 0 Å². The molecule has 1 aromatic rings. The van der Waals surface area contributed by atoms with Crippen molar-refractivity contribution in [3.63, 3.8) is 0 Å². The average Bonchev–Trinajstić information content (AvgIpc) is 2.32. The van der Waals surface area contributed by atoms with E-state index in [-0.39, 0.29) is 5.91 Å². The van der Waals surface area contributed by atoms with Gasteiger partial charge in [0.2, 0.25) is 5.91 Å². The van der Waals surface area contributed by atoms with Gasteiger partial charge in [-0.1, -0.05) is 17.7 Å². The first kappa shape index (κ1) is 13.7. The number of ether oxygens (including phenoxy) is 1. The Kier molecular flexibility index (Phi) is 6.29. The number of rotatable bonds is 7. The molecule has 1 amide bonds. The Labute approximate surface area is 102 Å². The zero-order valence-electron chi connectivity index (χ0n) is 10.5. The van der Waals surface area contributed by atoms with Crippen LogP contribution in [0, 0.1) is 6.92 Å². The zero-order chi connectivity index (χ0) is 12.5. The first-order chi connectivity index (χ1) is 8.22. The summed E-state index contributed by atoms with van der Waals surface area (Å²) in [7, 11) is 1.66. The monoisotopic (exact) mass is 236 g/mol. The largest absolute Gasteiger partial charge is 0.383 e. The third kappa shape index (κ3) is 6.04. The lowest BCUT2D eigenvalue weighted by Gasteiger charge is -2.06. The van der Waals surface area contributed by atoms with E-state index < -0.39 is 0 Å². The maximum atomic E-state index is 11.5. The summed E-state index contributed by atoms with van der Waals surface area (Å²) in [6.45, 7) is 4.13. The number of hydrogen-bond donors (Lipinski definition) is 2. The molecule has 94 valence electrons. The summed E-state index contributed by atoms with van der Waals surface area (Å²) in [5.74, 6) is 0.0266. The highest BCUT2D eigenvalue weighted by atomic mass is 16.5. The molecule has 0 radical (unpaired) electrons. The first-order valence-corrected chi connectivity index (χ1v) is 5.78. The summed E-state index contributed by atoms with van der Waals surface area (Å²) in [6.07, 6.45) is 0.470. The fraction of sp³-hybridized carbons (Fsp3) is 0.462. The molecule has 0 aliphatic heterocycles. The summed E-state index contributed by atoms with van der Waals surface area (Å²) in [5, 5.41) is 5.98. The SMILES string of the molecule is COCCNCCC(=O)Nc1ccc(C)cc1. The van der Waals surface area contributed by atoms with E-state index in [0.717, 1.165) is 12.2 Å². The predicted molar refractivity (Wildman–Crippen MR) is 69.2 cm³/mol. The molecule has 0 saturated carbocycles. The van der Waals surface area contributed by atoms with E-state index in [2.05, 4.69) is 10.6 Å². The highest BCUT2D eigenvalue weighted by Gasteiger charge is 2.01. The number of hydrogen-bond acceptors (Lipinski definition) is 3. The van der Waals surface area contributed by atoms with Crippen molar-refractivity contribution in [3.8, 4) is 0 Å². The van der Waals surface area contributed by atoms with Gasteiger partial charge in [-0.25, -0.2) is 0 Å². The van der Waals surface area contributed by atoms with Gasteiger partial charge in [0.25, 0.3) is 0 Å². The fourth-order valence-corrected chi connectivity index (χ4v) is 1.36. The molecule has 1 rings (SSSR count). The molecular weight excluding hydrogens is 216 g/mol. The molecule has 0 spiro atoms. The normalized spacial score (nSPS) is 10.2. The van der Waals surface area contributed by atoms with E-state index in [9.17, 15) is 4.79 Å². The molecule has 1 aromatic carbocycles. The second kappa shape index (κ2) is 7.81.